The summed E-state index contributed by atoms with van der Waals surface area (Å²) in [6, 6.07) is 5.34. The van der Waals surface area contributed by atoms with Crippen molar-refractivity contribution in [2.24, 2.45) is 5.73 Å². The highest BCUT2D eigenvalue weighted by molar-refractivity contribution is 9.10. The van der Waals surface area contributed by atoms with Gasteiger partial charge in [0.15, 0.2) is 0 Å². The molecule has 1 aromatic carbocycles. The maximum atomic E-state index is 12.1. The van der Waals surface area contributed by atoms with Crippen molar-refractivity contribution in [2.45, 2.75) is 6.42 Å². The average molecular weight is 301 g/mol. The molecule has 4 nitrogen and oxygen atoms in total. The van der Waals surface area contributed by atoms with Crippen LogP contribution in [0.4, 0.5) is 0 Å². The Hall–Kier alpha value is -1.07. The van der Waals surface area contributed by atoms with Crippen LogP contribution in [0.1, 0.15) is 16.8 Å². The molecule has 0 aliphatic rings. The highest BCUT2D eigenvalue weighted by atomic mass is 79.9. The smallest absolute Gasteiger partial charge is 0.254 e. The average Bonchev–Trinajstić information content (AvgIpc) is 2.35. The minimum atomic E-state index is -0.0378. The van der Waals surface area contributed by atoms with Gasteiger partial charge in [-0.2, -0.15) is 0 Å². The molecule has 1 rings (SSSR count). The molecule has 1 aromatic rings. The topological polar surface area (TPSA) is 55.6 Å². The Kier molecular flexibility index (Phi) is 5.44. The van der Waals surface area contributed by atoms with Crippen molar-refractivity contribution >= 4 is 21.8 Å². The molecule has 0 saturated carbocycles. The highest BCUT2D eigenvalue weighted by Crippen LogP contribution is 2.23. The Labute approximate surface area is 110 Å². The lowest BCUT2D eigenvalue weighted by molar-refractivity contribution is 0.0793. The molecular weight excluding hydrogens is 284 g/mol. The first-order valence-corrected chi connectivity index (χ1v) is 6.18. The number of benzene rings is 1. The minimum Gasteiger partial charge on any atom is -0.497 e. The van der Waals surface area contributed by atoms with Crippen LogP contribution < -0.4 is 10.5 Å². The number of hydrogen-bond donors (Lipinski definition) is 1. The number of carbonyl (C=O) groups is 1. The zero-order valence-corrected chi connectivity index (χ0v) is 11.7. The van der Waals surface area contributed by atoms with E-state index in [4.69, 9.17) is 10.5 Å². The van der Waals surface area contributed by atoms with E-state index in [-0.39, 0.29) is 5.91 Å². The molecule has 0 spiro atoms. The SMILES string of the molecule is COc1ccc(Br)c(C(=O)N(C)CCCN)c1. The van der Waals surface area contributed by atoms with Gasteiger partial charge >= 0.3 is 0 Å². The van der Waals surface area contributed by atoms with E-state index in [1.165, 1.54) is 0 Å². The first kappa shape index (κ1) is 14.0. The lowest BCUT2D eigenvalue weighted by atomic mass is 10.2. The molecule has 0 aromatic heterocycles. The fraction of sp³-hybridized carbons (Fsp3) is 0.417. The summed E-state index contributed by atoms with van der Waals surface area (Å²) in [6.07, 6.45) is 0.795. The Balaban J connectivity index is 2.87. The number of methoxy groups -OCH3 is 1. The van der Waals surface area contributed by atoms with E-state index >= 15 is 0 Å². The molecule has 5 heteroatoms. The second-order valence-corrected chi connectivity index (χ2v) is 4.57. The molecule has 0 radical (unpaired) electrons. The van der Waals surface area contributed by atoms with Crippen LogP contribution in [-0.4, -0.2) is 38.1 Å². The summed E-state index contributed by atoms with van der Waals surface area (Å²) in [5.74, 6) is 0.632. The molecule has 94 valence electrons. The maximum Gasteiger partial charge on any atom is 0.254 e. The Morgan fingerprint density at radius 2 is 2.24 bits per heavy atom. The van der Waals surface area contributed by atoms with Crippen molar-refractivity contribution in [3.8, 4) is 5.75 Å². The van der Waals surface area contributed by atoms with Gasteiger partial charge in [0.25, 0.3) is 5.91 Å². The third-order valence-electron chi connectivity index (χ3n) is 2.45. The normalized spacial score (nSPS) is 10.1. The van der Waals surface area contributed by atoms with Gasteiger partial charge in [0.05, 0.1) is 12.7 Å². The number of halogens is 1. The maximum absolute atomic E-state index is 12.1. The standard InChI is InChI=1S/C12H17BrN2O2/c1-15(7-3-6-14)12(16)10-8-9(17-2)4-5-11(10)13/h4-5,8H,3,6-7,14H2,1-2H3. The molecule has 0 heterocycles. The van der Waals surface area contributed by atoms with Crippen molar-refractivity contribution in [1.82, 2.24) is 4.90 Å². The molecule has 0 bridgehead atoms. The van der Waals surface area contributed by atoms with Crippen LogP contribution in [0, 0.1) is 0 Å². The van der Waals surface area contributed by atoms with Gasteiger partial charge < -0.3 is 15.4 Å². The van der Waals surface area contributed by atoms with Crippen LogP contribution in [0.5, 0.6) is 5.75 Å². The number of nitrogens with zero attached hydrogens (tertiary/aromatic N) is 1. The molecule has 0 unspecified atom stereocenters. The lowest BCUT2D eigenvalue weighted by Crippen LogP contribution is -2.29. The Morgan fingerprint density at radius 3 is 2.82 bits per heavy atom. The molecular formula is C12H17BrN2O2. The molecule has 17 heavy (non-hydrogen) atoms. The lowest BCUT2D eigenvalue weighted by Gasteiger charge is -2.17. The van der Waals surface area contributed by atoms with Gasteiger partial charge in [-0.15, -0.1) is 0 Å². The van der Waals surface area contributed by atoms with E-state index in [9.17, 15) is 4.79 Å². The van der Waals surface area contributed by atoms with Gasteiger partial charge in [0, 0.05) is 18.1 Å². The van der Waals surface area contributed by atoms with Crippen LogP contribution >= 0.6 is 15.9 Å². The number of hydrogen-bond acceptors (Lipinski definition) is 3. The predicted octanol–water partition coefficient (Wildman–Crippen LogP) is 1.88. The summed E-state index contributed by atoms with van der Waals surface area (Å²) < 4.78 is 5.88. The van der Waals surface area contributed by atoms with E-state index in [2.05, 4.69) is 15.9 Å². The number of amides is 1. The van der Waals surface area contributed by atoms with E-state index in [1.54, 1.807) is 31.2 Å². The monoisotopic (exact) mass is 300 g/mol. The second kappa shape index (κ2) is 6.61. The van der Waals surface area contributed by atoms with E-state index in [1.807, 2.05) is 6.07 Å². The number of rotatable bonds is 5. The van der Waals surface area contributed by atoms with Crippen molar-refractivity contribution in [2.75, 3.05) is 27.2 Å². The zero-order valence-electron chi connectivity index (χ0n) is 10.1. The van der Waals surface area contributed by atoms with Crippen LogP contribution in [0.3, 0.4) is 0 Å². The number of ether oxygens (including phenoxy) is 1. The third-order valence-corrected chi connectivity index (χ3v) is 3.14. The first-order chi connectivity index (χ1) is 8.10. The van der Waals surface area contributed by atoms with Crippen molar-refractivity contribution < 1.29 is 9.53 Å². The third kappa shape index (κ3) is 3.71. The van der Waals surface area contributed by atoms with Crippen LogP contribution in [-0.2, 0) is 0 Å². The van der Waals surface area contributed by atoms with Gasteiger partial charge in [0.2, 0.25) is 0 Å². The summed E-state index contributed by atoms with van der Waals surface area (Å²) in [4.78, 5) is 13.8. The summed E-state index contributed by atoms with van der Waals surface area (Å²) in [5.41, 5.74) is 6.02. The van der Waals surface area contributed by atoms with Gasteiger partial charge in [0.1, 0.15) is 5.75 Å². The van der Waals surface area contributed by atoms with Gasteiger partial charge in [-0.25, -0.2) is 0 Å². The van der Waals surface area contributed by atoms with Gasteiger partial charge in [-0.1, -0.05) is 0 Å². The second-order valence-electron chi connectivity index (χ2n) is 3.71. The predicted molar refractivity (Wildman–Crippen MR) is 71.3 cm³/mol. The van der Waals surface area contributed by atoms with Gasteiger partial charge in [-0.3, -0.25) is 4.79 Å². The molecule has 0 aliphatic heterocycles. The molecule has 0 aliphatic carbocycles. The Bertz CT molecular complexity index is 396. The quantitative estimate of drug-likeness (QED) is 0.903. The first-order valence-electron chi connectivity index (χ1n) is 5.39. The summed E-state index contributed by atoms with van der Waals surface area (Å²) in [7, 11) is 3.35. The van der Waals surface area contributed by atoms with E-state index in [0.717, 1.165) is 10.9 Å². The molecule has 1 amide bonds. The minimum absolute atomic E-state index is 0.0378. The van der Waals surface area contributed by atoms with E-state index in [0.29, 0.717) is 24.4 Å². The van der Waals surface area contributed by atoms with Crippen LogP contribution in [0.15, 0.2) is 22.7 Å². The zero-order chi connectivity index (χ0) is 12.8. The fourth-order valence-electron chi connectivity index (χ4n) is 1.43. The number of nitrogens with two attached hydrogens (primary N) is 1. The summed E-state index contributed by atoms with van der Waals surface area (Å²) in [5, 5.41) is 0. The molecule has 0 atom stereocenters. The van der Waals surface area contributed by atoms with Crippen molar-refractivity contribution in [3.63, 3.8) is 0 Å². The molecule has 2 N–H and O–H groups in total. The largest absolute Gasteiger partial charge is 0.497 e. The highest BCUT2D eigenvalue weighted by Gasteiger charge is 2.15. The summed E-state index contributed by atoms with van der Waals surface area (Å²) >= 11 is 3.37. The number of carbonyl (C=O) groups excluding carboxylic acids is 1. The summed E-state index contributed by atoms with van der Waals surface area (Å²) in [6.45, 7) is 1.23. The fourth-order valence-corrected chi connectivity index (χ4v) is 1.85. The molecule has 0 fully saturated rings. The van der Waals surface area contributed by atoms with Crippen molar-refractivity contribution in [3.05, 3.63) is 28.2 Å². The molecule has 0 saturated heterocycles. The van der Waals surface area contributed by atoms with E-state index < -0.39 is 0 Å². The van der Waals surface area contributed by atoms with Crippen LogP contribution in [0.25, 0.3) is 0 Å². The van der Waals surface area contributed by atoms with Crippen LogP contribution in [0.2, 0.25) is 0 Å². The Morgan fingerprint density at radius 1 is 1.53 bits per heavy atom. The van der Waals surface area contributed by atoms with Crippen molar-refractivity contribution in [1.29, 1.82) is 0 Å². The van der Waals surface area contributed by atoms with Gasteiger partial charge in [-0.05, 0) is 47.1 Å².